The average molecular weight is 451 g/mol. The van der Waals surface area contributed by atoms with E-state index in [9.17, 15) is 9.59 Å². The Kier molecular flexibility index (Phi) is 6.33. The van der Waals surface area contributed by atoms with Gasteiger partial charge in [0.1, 0.15) is 25.7 Å². The van der Waals surface area contributed by atoms with E-state index in [1.807, 2.05) is 41.3 Å². The first kappa shape index (κ1) is 21.9. The van der Waals surface area contributed by atoms with Crippen molar-refractivity contribution in [3.8, 4) is 0 Å². The Labute approximate surface area is 195 Å². The number of nitrogens with zero attached hydrogens (tertiary/aromatic N) is 1. The van der Waals surface area contributed by atoms with Gasteiger partial charge < -0.3 is 14.5 Å². The second-order valence-corrected chi connectivity index (χ2v) is 9.43. The van der Waals surface area contributed by atoms with E-state index in [0.717, 1.165) is 49.4 Å². The van der Waals surface area contributed by atoms with Crippen LogP contribution in [0.4, 0.5) is 21.9 Å². The van der Waals surface area contributed by atoms with Crippen molar-refractivity contribution >= 4 is 29.1 Å². The molecule has 0 saturated carbocycles. The molecule has 5 rings (SSSR count). The highest BCUT2D eigenvalue weighted by atomic mass is 16.5. The van der Waals surface area contributed by atoms with Crippen molar-refractivity contribution in [1.82, 2.24) is 0 Å². The number of anilines is 3. The number of rotatable bonds is 4. The number of hydrogen-bond donors (Lipinski definition) is 3. The van der Waals surface area contributed by atoms with Crippen LogP contribution in [0, 0.1) is 0 Å². The fourth-order valence-corrected chi connectivity index (χ4v) is 5.76. The zero-order valence-electron chi connectivity index (χ0n) is 19.4. The van der Waals surface area contributed by atoms with Gasteiger partial charge in [-0.05, 0) is 49.1 Å². The molecule has 3 aliphatic rings. The van der Waals surface area contributed by atoms with Crippen LogP contribution in [0.5, 0.6) is 0 Å². The lowest BCUT2D eigenvalue weighted by Crippen LogP contribution is -3.30. The molecule has 2 fully saturated rings. The molecular weight excluding hydrogens is 416 g/mol. The van der Waals surface area contributed by atoms with Gasteiger partial charge in [-0.2, -0.15) is 0 Å². The molecule has 0 bridgehead atoms. The van der Waals surface area contributed by atoms with Crippen LogP contribution < -0.4 is 20.0 Å². The number of hydrogen-bond acceptors (Lipinski definition) is 3. The molecule has 2 aromatic rings. The van der Waals surface area contributed by atoms with Crippen LogP contribution in [0.15, 0.2) is 42.5 Å². The third kappa shape index (κ3) is 4.61. The van der Waals surface area contributed by atoms with Crippen LogP contribution in [-0.2, 0) is 22.4 Å². The number of aryl methyl sites for hydroxylation is 2. The first-order chi connectivity index (χ1) is 16.1. The van der Waals surface area contributed by atoms with E-state index in [0.29, 0.717) is 24.9 Å². The van der Waals surface area contributed by atoms with Crippen molar-refractivity contribution in [3.05, 3.63) is 53.6 Å². The molecule has 3 heterocycles. The van der Waals surface area contributed by atoms with Crippen molar-refractivity contribution in [2.24, 2.45) is 0 Å². The van der Waals surface area contributed by atoms with Crippen LogP contribution in [-0.4, -0.2) is 57.4 Å². The number of amides is 2. The van der Waals surface area contributed by atoms with E-state index < -0.39 is 6.09 Å². The monoisotopic (exact) mass is 450 g/mol. The normalized spacial score (nSPS) is 23.7. The van der Waals surface area contributed by atoms with E-state index in [1.54, 1.807) is 11.8 Å². The van der Waals surface area contributed by atoms with Crippen molar-refractivity contribution in [2.75, 3.05) is 49.5 Å². The van der Waals surface area contributed by atoms with E-state index in [-0.39, 0.29) is 5.91 Å². The van der Waals surface area contributed by atoms with Gasteiger partial charge in [-0.25, -0.2) is 4.79 Å². The zero-order valence-corrected chi connectivity index (χ0v) is 19.4. The van der Waals surface area contributed by atoms with Gasteiger partial charge in [-0.1, -0.05) is 24.3 Å². The highest BCUT2D eigenvalue weighted by molar-refractivity contribution is 6.03. The fraction of sp³-hybridized carbons (Fsp3) is 0.462. The Morgan fingerprint density at radius 2 is 1.88 bits per heavy atom. The van der Waals surface area contributed by atoms with Gasteiger partial charge in [0, 0.05) is 18.5 Å². The summed E-state index contributed by atoms with van der Waals surface area (Å²) in [7, 11) is 0. The van der Waals surface area contributed by atoms with Crippen LogP contribution >= 0.6 is 0 Å². The van der Waals surface area contributed by atoms with Crippen molar-refractivity contribution in [2.45, 2.75) is 38.6 Å². The SMILES string of the molecule is CCOC(=O)Nc1ccc2c(c1)N(C(=O)C[NH+]1CC[NH+]3CCCC3C1)c1ccccc1CC2. The average Bonchev–Trinajstić information content (AvgIpc) is 3.20. The number of piperazine rings is 1. The number of quaternary nitrogens is 2. The van der Waals surface area contributed by atoms with Crippen LogP contribution in [0.1, 0.15) is 30.9 Å². The van der Waals surface area contributed by atoms with Gasteiger partial charge in [0.15, 0.2) is 6.54 Å². The molecule has 33 heavy (non-hydrogen) atoms. The van der Waals surface area contributed by atoms with Gasteiger partial charge in [0.05, 0.1) is 24.5 Å². The number of ether oxygens (including phenoxy) is 1. The summed E-state index contributed by atoms with van der Waals surface area (Å²) in [6.07, 6.45) is 3.85. The highest BCUT2D eigenvalue weighted by Crippen LogP contribution is 2.37. The number of carbonyl (C=O) groups is 2. The summed E-state index contributed by atoms with van der Waals surface area (Å²) in [6, 6.07) is 14.7. The molecule has 3 aliphatic heterocycles. The number of fused-ring (bicyclic) bond motifs is 3. The second kappa shape index (κ2) is 9.53. The molecule has 174 valence electrons. The largest absolute Gasteiger partial charge is 0.450 e. The molecule has 7 heteroatoms. The third-order valence-corrected chi connectivity index (χ3v) is 7.36. The zero-order chi connectivity index (χ0) is 22.8. The minimum atomic E-state index is -0.481. The third-order valence-electron chi connectivity index (χ3n) is 7.36. The van der Waals surface area contributed by atoms with Crippen LogP contribution in [0.3, 0.4) is 0 Å². The Balaban J connectivity index is 1.44. The minimum Gasteiger partial charge on any atom is -0.450 e. The van der Waals surface area contributed by atoms with E-state index in [1.165, 1.54) is 29.8 Å². The summed E-state index contributed by atoms with van der Waals surface area (Å²) in [6.45, 7) is 7.16. The quantitative estimate of drug-likeness (QED) is 0.650. The fourth-order valence-electron chi connectivity index (χ4n) is 5.76. The van der Waals surface area contributed by atoms with E-state index in [2.05, 4.69) is 11.4 Å². The second-order valence-electron chi connectivity index (χ2n) is 9.43. The predicted molar refractivity (Wildman–Crippen MR) is 127 cm³/mol. The summed E-state index contributed by atoms with van der Waals surface area (Å²) in [5, 5.41) is 2.80. The molecule has 0 aromatic heterocycles. The number of carbonyl (C=O) groups excluding carboxylic acids is 2. The molecule has 2 amide bonds. The summed E-state index contributed by atoms with van der Waals surface area (Å²) in [5.41, 5.74) is 4.76. The molecule has 2 saturated heterocycles. The first-order valence-corrected chi connectivity index (χ1v) is 12.3. The molecular formula is C26H34N4O3+2. The van der Waals surface area contributed by atoms with Crippen molar-refractivity contribution in [1.29, 1.82) is 0 Å². The van der Waals surface area contributed by atoms with Gasteiger partial charge in [-0.15, -0.1) is 0 Å². The van der Waals surface area contributed by atoms with Gasteiger partial charge >= 0.3 is 6.09 Å². The Morgan fingerprint density at radius 1 is 1.06 bits per heavy atom. The number of benzene rings is 2. The maximum Gasteiger partial charge on any atom is 0.411 e. The molecule has 7 nitrogen and oxygen atoms in total. The molecule has 3 atom stereocenters. The number of nitrogens with one attached hydrogen (secondary N) is 3. The van der Waals surface area contributed by atoms with Gasteiger partial charge in [0.2, 0.25) is 0 Å². The maximum atomic E-state index is 13.9. The minimum absolute atomic E-state index is 0.121. The summed E-state index contributed by atoms with van der Waals surface area (Å²) in [4.78, 5) is 30.9. The van der Waals surface area contributed by atoms with Gasteiger partial charge in [0.25, 0.3) is 5.91 Å². The first-order valence-electron chi connectivity index (χ1n) is 12.3. The summed E-state index contributed by atoms with van der Waals surface area (Å²) < 4.78 is 5.04. The molecule has 3 N–H and O–H groups in total. The van der Waals surface area contributed by atoms with E-state index in [4.69, 9.17) is 4.74 Å². The molecule has 0 aliphatic carbocycles. The lowest BCUT2D eigenvalue weighted by molar-refractivity contribution is -1.02. The lowest BCUT2D eigenvalue weighted by Gasteiger charge is -2.33. The Hall–Kier alpha value is -2.90. The standard InChI is InChI=1S/C26H32N4O3/c1-2-33-26(32)27-21-12-11-20-10-9-19-6-3-4-8-23(19)30(24(20)16-21)25(31)18-28-14-15-29-13-5-7-22(29)17-28/h3-4,6,8,11-12,16,22H,2,5,7,9-10,13-15,17-18H2,1H3,(H,27,32)/p+2. The van der Waals surface area contributed by atoms with Crippen molar-refractivity contribution < 1.29 is 24.1 Å². The summed E-state index contributed by atoms with van der Waals surface area (Å²) >= 11 is 0. The van der Waals surface area contributed by atoms with Gasteiger partial charge in [-0.3, -0.25) is 15.0 Å². The predicted octanol–water partition coefficient (Wildman–Crippen LogP) is 0.964. The van der Waals surface area contributed by atoms with Crippen LogP contribution in [0.25, 0.3) is 0 Å². The number of para-hydroxylation sites is 1. The molecule has 2 aromatic carbocycles. The van der Waals surface area contributed by atoms with Crippen LogP contribution in [0.2, 0.25) is 0 Å². The Morgan fingerprint density at radius 3 is 2.73 bits per heavy atom. The highest BCUT2D eigenvalue weighted by Gasteiger charge is 2.38. The molecule has 0 spiro atoms. The summed E-state index contributed by atoms with van der Waals surface area (Å²) in [5.74, 6) is 0.121. The van der Waals surface area contributed by atoms with Crippen molar-refractivity contribution in [3.63, 3.8) is 0 Å². The topological polar surface area (TPSA) is 67.5 Å². The molecule has 3 unspecified atom stereocenters. The van der Waals surface area contributed by atoms with E-state index >= 15 is 0 Å². The smallest absolute Gasteiger partial charge is 0.411 e. The Bertz CT molecular complexity index is 1040. The molecule has 0 radical (unpaired) electrons. The lowest BCUT2D eigenvalue weighted by atomic mass is 10.0. The maximum absolute atomic E-state index is 13.9.